The summed E-state index contributed by atoms with van der Waals surface area (Å²) in [5, 5.41) is 3.16. The number of thioether (sulfide) groups is 1. The quantitative estimate of drug-likeness (QED) is 0.772. The van der Waals surface area contributed by atoms with Gasteiger partial charge < -0.3 is 5.32 Å². The SMILES string of the molecule is CNCCCc1c(C)nc(CSC)nc1C. The van der Waals surface area contributed by atoms with Crippen molar-refractivity contribution in [3.8, 4) is 0 Å². The van der Waals surface area contributed by atoms with E-state index in [1.54, 1.807) is 11.8 Å². The van der Waals surface area contributed by atoms with Gasteiger partial charge in [0.15, 0.2) is 0 Å². The van der Waals surface area contributed by atoms with E-state index in [0.717, 1.165) is 42.4 Å². The van der Waals surface area contributed by atoms with Crippen molar-refractivity contribution in [3.05, 3.63) is 22.8 Å². The van der Waals surface area contributed by atoms with Crippen LogP contribution in [0.2, 0.25) is 0 Å². The van der Waals surface area contributed by atoms with Gasteiger partial charge in [-0.05, 0) is 52.1 Å². The maximum Gasteiger partial charge on any atom is 0.138 e. The average molecular weight is 239 g/mol. The molecule has 1 N–H and O–H groups in total. The standard InChI is InChI=1S/C12H21N3S/c1-9-11(6-5-7-13-3)10(2)15-12(14-9)8-16-4/h13H,5-8H2,1-4H3. The first-order chi connectivity index (χ1) is 7.69. The molecule has 0 radical (unpaired) electrons. The molecule has 0 aliphatic rings. The maximum absolute atomic E-state index is 4.55. The van der Waals surface area contributed by atoms with Crippen LogP contribution in [0.4, 0.5) is 0 Å². The van der Waals surface area contributed by atoms with E-state index < -0.39 is 0 Å². The third kappa shape index (κ3) is 3.76. The number of hydrogen-bond acceptors (Lipinski definition) is 4. The summed E-state index contributed by atoms with van der Waals surface area (Å²) in [6.45, 7) is 5.23. The molecule has 0 spiro atoms. The van der Waals surface area contributed by atoms with Gasteiger partial charge in [-0.15, -0.1) is 0 Å². The van der Waals surface area contributed by atoms with Gasteiger partial charge in [0.05, 0.1) is 5.75 Å². The molecule has 1 aromatic rings. The topological polar surface area (TPSA) is 37.8 Å². The van der Waals surface area contributed by atoms with E-state index in [1.807, 2.05) is 7.05 Å². The maximum atomic E-state index is 4.55. The van der Waals surface area contributed by atoms with Crippen molar-refractivity contribution in [2.24, 2.45) is 0 Å². The Balaban J connectivity index is 2.77. The summed E-state index contributed by atoms with van der Waals surface area (Å²) in [5.41, 5.74) is 3.61. The van der Waals surface area contributed by atoms with Crippen molar-refractivity contribution in [3.63, 3.8) is 0 Å². The molecule has 3 nitrogen and oxygen atoms in total. The van der Waals surface area contributed by atoms with Crippen molar-refractivity contribution >= 4 is 11.8 Å². The summed E-state index contributed by atoms with van der Waals surface area (Å²) in [5.74, 6) is 1.86. The molecule has 0 atom stereocenters. The second kappa shape index (κ2) is 6.86. The molecule has 1 rings (SSSR count). The summed E-state index contributed by atoms with van der Waals surface area (Å²) < 4.78 is 0. The van der Waals surface area contributed by atoms with Crippen LogP contribution < -0.4 is 5.32 Å². The number of nitrogens with one attached hydrogen (secondary N) is 1. The fourth-order valence-corrected chi connectivity index (χ4v) is 2.19. The van der Waals surface area contributed by atoms with Crippen LogP contribution in [0.1, 0.15) is 29.2 Å². The van der Waals surface area contributed by atoms with Crippen molar-refractivity contribution in [1.29, 1.82) is 0 Å². The van der Waals surface area contributed by atoms with Crippen molar-refractivity contribution < 1.29 is 0 Å². The van der Waals surface area contributed by atoms with Gasteiger partial charge in [-0.3, -0.25) is 0 Å². The van der Waals surface area contributed by atoms with Crippen LogP contribution in [0.5, 0.6) is 0 Å². The Morgan fingerprint density at radius 1 is 1.19 bits per heavy atom. The molecule has 1 aromatic heterocycles. The highest BCUT2D eigenvalue weighted by Crippen LogP contribution is 2.14. The highest BCUT2D eigenvalue weighted by molar-refractivity contribution is 7.97. The Kier molecular flexibility index (Phi) is 5.77. The highest BCUT2D eigenvalue weighted by atomic mass is 32.2. The minimum absolute atomic E-state index is 0.901. The lowest BCUT2D eigenvalue weighted by Gasteiger charge is -2.10. The number of aromatic nitrogens is 2. The van der Waals surface area contributed by atoms with Crippen LogP contribution in [0, 0.1) is 13.8 Å². The fraction of sp³-hybridized carbons (Fsp3) is 0.667. The summed E-state index contributed by atoms with van der Waals surface area (Å²) in [4.78, 5) is 9.10. The molecule has 16 heavy (non-hydrogen) atoms. The van der Waals surface area contributed by atoms with Crippen LogP contribution in [-0.4, -0.2) is 29.8 Å². The van der Waals surface area contributed by atoms with E-state index in [4.69, 9.17) is 0 Å². The Morgan fingerprint density at radius 2 is 1.81 bits per heavy atom. The van der Waals surface area contributed by atoms with Gasteiger partial charge in [0.25, 0.3) is 0 Å². The average Bonchev–Trinajstić information content (AvgIpc) is 2.23. The molecule has 0 saturated heterocycles. The van der Waals surface area contributed by atoms with Crippen LogP contribution in [-0.2, 0) is 12.2 Å². The molecule has 0 fully saturated rings. The van der Waals surface area contributed by atoms with Gasteiger partial charge in [-0.1, -0.05) is 0 Å². The van der Waals surface area contributed by atoms with E-state index in [1.165, 1.54) is 5.56 Å². The molecule has 0 saturated carbocycles. The van der Waals surface area contributed by atoms with E-state index in [-0.39, 0.29) is 0 Å². The van der Waals surface area contributed by atoms with E-state index >= 15 is 0 Å². The molecule has 0 amide bonds. The molecule has 0 aliphatic carbocycles. The zero-order valence-electron chi connectivity index (χ0n) is 10.6. The zero-order chi connectivity index (χ0) is 12.0. The van der Waals surface area contributed by atoms with E-state index in [9.17, 15) is 0 Å². The lowest BCUT2D eigenvalue weighted by molar-refractivity contribution is 0.713. The molecule has 0 unspecified atom stereocenters. The second-order valence-corrected chi connectivity index (χ2v) is 4.80. The molecule has 0 aromatic carbocycles. The van der Waals surface area contributed by atoms with Gasteiger partial charge in [0.2, 0.25) is 0 Å². The molecule has 4 heteroatoms. The first-order valence-corrected chi connectivity index (χ1v) is 7.05. The minimum atomic E-state index is 0.901. The van der Waals surface area contributed by atoms with Crippen molar-refractivity contribution in [1.82, 2.24) is 15.3 Å². The molecule has 90 valence electrons. The molecule has 0 aliphatic heterocycles. The predicted octanol–water partition coefficient (Wildman–Crippen LogP) is 2.11. The first-order valence-electron chi connectivity index (χ1n) is 5.65. The third-order valence-electron chi connectivity index (χ3n) is 2.59. The third-order valence-corrected chi connectivity index (χ3v) is 3.14. The van der Waals surface area contributed by atoms with Crippen molar-refractivity contribution in [2.75, 3.05) is 19.8 Å². The van der Waals surface area contributed by atoms with Crippen LogP contribution >= 0.6 is 11.8 Å². The fourth-order valence-electron chi connectivity index (χ4n) is 1.81. The minimum Gasteiger partial charge on any atom is -0.320 e. The molecular weight excluding hydrogens is 218 g/mol. The summed E-state index contributed by atoms with van der Waals surface area (Å²) in [6.07, 6.45) is 4.29. The number of aryl methyl sites for hydroxylation is 2. The second-order valence-electron chi connectivity index (χ2n) is 3.93. The van der Waals surface area contributed by atoms with Crippen LogP contribution in [0.3, 0.4) is 0 Å². The zero-order valence-corrected chi connectivity index (χ0v) is 11.4. The number of rotatable bonds is 6. The van der Waals surface area contributed by atoms with E-state index in [2.05, 4.69) is 35.4 Å². The van der Waals surface area contributed by atoms with Gasteiger partial charge >= 0.3 is 0 Å². The predicted molar refractivity (Wildman–Crippen MR) is 71.0 cm³/mol. The Hall–Kier alpha value is -0.610. The Bertz CT molecular complexity index is 316. The van der Waals surface area contributed by atoms with Crippen LogP contribution in [0.25, 0.3) is 0 Å². The lowest BCUT2D eigenvalue weighted by atomic mass is 10.1. The lowest BCUT2D eigenvalue weighted by Crippen LogP contribution is -2.11. The van der Waals surface area contributed by atoms with Crippen molar-refractivity contribution in [2.45, 2.75) is 32.4 Å². The smallest absolute Gasteiger partial charge is 0.138 e. The van der Waals surface area contributed by atoms with Crippen LogP contribution in [0.15, 0.2) is 0 Å². The summed E-state index contributed by atoms with van der Waals surface area (Å²) >= 11 is 1.76. The van der Waals surface area contributed by atoms with Gasteiger partial charge in [-0.25, -0.2) is 9.97 Å². The Labute approximate surface area is 102 Å². The molecule has 1 heterocycles. The summed E-state index contributed by atoms with van der Waals surface area (Å²) in [6, 6.07) is 0. The Morgan fingerprint density at radius 3 is 2.31 bits per heavy atom. The largest absolute Gasteiger partial charge is 0.320 e. The highest BCUT2D eigenvalue weighted by Gasteiger charge is 2.07. The van der Waals surface area contributed by atoms with Gasteiger partial charge in [-0.2, -0.15) is 11.8 Å². The number of hydrogen-bond donors (Lipinski definition) is 1. The summed E-state index contributed by atoms with van der Waals surface area (Å²) in [7, 11) is 1.98. The normalized spacial score (nSPS) is 10.8. The number of nitrogens with zero attached hydrogens (tertiary/aromatic N) is 2. The monoisotopic (exact) mass is 239 g/mol. The van der Waals surface area contributed by atoms with E-state index in [0.29, 0.717) is 0 Å². The molecule has 0 bridgehead atoms. The van der Waals surface area contributed by atoms with Gasteiger partial charge in [0, 0.05) is 11.4 Å². The first kappa shape index (κ1) is 13.5. The molecular formula is C12H21N3S. The van der Waals surface area contributed by atoms with Gasteiger partial charge in [0.1, 0.15) is 5.82 Å².